The number of benzene rings is 2. The van der Waals surface area contributed by atoms with Crippen molar-refractivity contribution in [2.45, 2.75) is 34.1 Å². The van der Waals surface area contributed by atoms with Crippen molar-refractivity contribution in [1.29, 1.82) is 0 Å². The number of aryl methyl sites for hydroxylation is 4. The summed E-state index contributed by atoms with van der Waals surface area (Å²) in [6, 6.07) is 11.1. The molecule has 0 aliphatic carbocycles. The molecule has 2 aromatic carbocycles. The van der Waals surface area contributed by atoms with Gasteiger partial charge in [-0.15, -0.1) is 11.3 Å². The van der Waals surface area contributed by atoms with Crippen molar-refractivity contribution < 1.29 is 0 Å². The highest BCUT2D eigenvalue weighted by atomic mass is 32.1. The zero-order valence-electron chi connectivity index (χ0n) is 15.0. The van der Waals surface area contributed by atoms with E-state index in [1.165, 1.54) is 39.1 Å². The van der Waals surface area contributed by atoms with Gasteiger partial charge in [0.25, 0.3) is 0 Å². The van der Waals surface area contributed by atoms with Crippen LogP contribution >= 0.6 is 11.3 Å². The van der Waals surface area contributed by atoms with E-state index in [-0.39, 0.29) is 0 Å². The van der Waals surface area contributed by atoms with Gasteiger partial charge in [0.05, 0.1) is 5.69 Å². The minimum Gasteiger partial charge on any atom is -0.388 e. The predicted octanol–water partition coefficient (Wildman–Crippen LogP) is 5.68. The van der Waals surface area contributed by atoms with Crippen LogP contribution in [0.3, 0.4) is 0 Å². The lowest BCUT2D eigenvalue weighted by molar-refractivity contribution is 1.08. The maximum Gasteiger partial charge on any atom is 0.123 e. The van der Waals surface area contributed by atoms with Crippen LogP contribution in [0.1, 0.15) is 33.5 Å². The summed E-state index contributed by atoms with van der Waals surface area (Å²) in [7, 11) is 1.97. The van der Waals surface area contributed by atoms with Crippen LogP contribution in [-0.4, -0.2) is 12.0 Å². The molecular formula is C21H24N2S. The molecule has 0 spiro atoms. The topological polar surface area (TPSA) is 24.9 Å². The number of aromatic nitrogens is 1. The first-order valence-electron chi connectivity index (χ1n) is 8.28. The lowest BCUT2D eigenvalue weighted by Crippen LogP contribution is -1.98. The largest absolute Gasteiger partial charge is 0.388 e. The van der Waals surface area contributed by atoms with Gasteiger partial charge in [-0.25, -0.2) is 4.98 Å². The first kappa shape index (κ1) is 16.7. The second kappa shape index (κ2) is 6.78. The molecule has 0 amide bonds. The number of hydrogen-bond donors (Lipinski definition) is 1. The predicted molar refractivity (Wildman–Crippen MR) is 105 cm³/mol. The Hall–Kier alpha value is -2.13. The van der Waals surface area contributed by atoms with Crippen molar-refractivity contribution in [3.05, 3.63) is 69.2 Å². The van der Waals surface area contributed by atoms with Crippen molar-refractivity contribution >= 4 is 17.0 Å². The maximum atomic E-state index is 4.86. The van der Waals surface area contributed by atoms with E-state index in [1.807, 2.05) is 7.05 Å². The monoisotopic (exact) mass is 336 g/mol. The number of anilines is 1. The van der Waals surface area contributed by atoms with Crippen LogP contribution < -0.4 is 5.32 Å². The van der Waals surface area contributed by atoms with Gasteiger partial charge in [-0.2, -0.15) is 0 Å². The van der Waals surface area contributed by atoms with E-state index in [0.29, 0.717) is 0 Å². The van der Waals surface area contributed by atoms with Gasteiger partial charge in [-0.05, 0) is 67.6 Å². The van der Waals surface area contributed by atoms with Gasteiger partial charge >= 0.3 is 0 Å². The third kappa shape index (κ3) is 3.36. The Balaban J connectivity index is 1.86. The standard InChI is InChI=1S/C21H24N2S/c1-13-6-7-17(8-14(13)2)21-23-19(12-24-21)11-18-9-16(4)20(22-5)10-15(18)3/h6-10,12,22H,11H2,1-5H3. The Morgan fingerprint density at radius 3 is 2.42 bits per heavy atom. The zero-order chi connectivity index (χ0) is 17.3. The molecule has 1 aromatic heterocycles. The minimum absolute atomic E-state index is 0.887. The highest BCUT2D eigenvalue weighted by Gasteiger charge is 2.09. The normalized spacial score (nSPS) is 10.9. The fourth-order valence-corrected chi connectivity index (χ4v) is 3.74. The molecule has 0 saturated heterocycles. The molecule has 1 N–H and O–H groups in total. The minimum atomic E-state index is 0.887. The molecule has 0 saturated carbocycles. The zero-order valence-corrected chi connectivity index (χ0v) is 15.8. The Kier molecular flexibility index (Phi) is 4.72. The van der Waals surface area contributed by atoms with Crippen LogP contribution in [0.2, 0.25) is 0 Å². The van der Waals surface area contributed by atoms with Gasteiger partial charge in [0.2, 0.25) is 0 Å². The summed E-state index contributed by atoms with van der Waals surface area (Å²) >= 11 is 1.73. The summed E-state index contributed by atoms with van der Waals surface area (Å²) < 4.78 is 0. The summed E-state index contributed by atoms with van der Waals surface area (Å²) in [6.07, 6.45) is 0.887. The number of rotatable bonds is 4. The van der Waals surface area contributed by atoms with Gasteiger partial charge < -0.3 is 5.32 Å². The first-order valence-corrected chi connectivity index (χ1v) is 9.16. The van der Waals surface area contributed by atoms with Crippen LogP contribution in [0.25, 0.3) is 10.6 Å². The molecule has 1 heterocycles. The van der Waals surface area contributed by atoms with E-state index in [2.05, 4.69) is 68.7 Å². The molecular weight excluding hydrogens is 312 g/mol. The van der Waals surface area contributed by atoms with Crippen LogP contribution in [0.15, 0.2) is 35.7 Å². The van der Waals surface area contributed by atoms with E-state index in [1.54, 1.807) is 11.3 Å². The van der Waals surface area contributed by atoms with Crippen LogP contribution in [0.5, 0.6) is 0 Å². The van der Waals surface area contributed by atoms with Gasteiger partial charge in [0.1, 0.15) is 5.01 Å². The summed E-state index contributed by atoms with van der Waals surface area (Å²) in [5.74, 6) is 0. The van der Waals surface area contributed by atoms with Gasteiger partial charge in [-0.1, -0.05) is 18.2 Å². The fourth-order valence-electron chi connectivity index (χ4n) is 2.93. The lowest BCUT2D eigenvalue weighted by Gasteiger charge is -2.11. The Morgan fingerprint density at radius 1 is 0.917 bits per heavy atom. The van der Waals surface area contributed by atoms with E-state index >= 15 is 0 Å². The van der Waals surface area contributed by atoms with Crippen molar-refractivity contribution in [1.82, 2.24) is 4.98 Å². The molecule has 0 aliphatic rings. The Labute approximate surface area is 148 Å². The summed E-state index contributed by atoms with van der Waals surface area (Å²) in [4.78, 5) is 4.86. The number of nitrogens with one attached hydrogen (secondary N) is 1. The molecule has 0 fully saturated rings. The van der Waals surface area contributed by atoms with E-state index in [4.69, 9.17) is 4.98 Å². The molecule has 3 heteroatoms. The Morgan fingerprint density at radius 2 is 1.71 bits per heavy atom. The second-order valence-electron chi connectivity index (χ2n) is 6.46. The average Bonchev–Trinajstić information content (AvgIpc) is 3.01. The summed E-state index contributed by atoms with van der Waals surface area (Å²) in [5.41, 5.74) is 10.1. The summed E-state index contributed by atoms with van der Waals surface area (Å²) in [5, 5.41) is 6.54. The van der Waals surface area contributed by atoms with E-state index in [9.17, 15) is 0 Å². The highest BCUT2D eigenvalue weighted by molar-refractivity contribution is 7.13. The first-order chi connectivity index (χ1) is 11.5. The van der Waals surface area contributed by atoms with Crippen molar-refractivity contribution in [2.75, 3.05) is 12.4 Å². The molecule has 3 rings (SSSR count). The van der Waals surface area contributed by atoms with Crippen LogP contribution in [-0.2, 0) is 6.42 Å². The van der Waals surface area contributed by atoms with Crippen molar-refractivity contribution in [3.63, 3.8) is 0 Å². The molecule has 0 radical (unpaired) electrons. The lowest BCUT2D eigenvalue weighted by atomic mass is 10.00. The van der Waals surface area contributed by atoms with Crippen LogP contribution in [0, 0.1) is 27.7 Å². The quantitative estimate of drug-likeness (QED) is 0.663. The Bertz CT molecular complexity index is 878. The smallest absolute Gasteiger partial charge is 0.123 e. The van der Waals surface area contributed by atoms with Crippen molar-refractivity contribution in [3.8, 4) is 10.6 Å². The molecule has 2 nitrogen and oxygen atoms in total. The highest BCUT2D eigenvalue weighted by Crippen LogP contribution is 2.28. The van der Waals surface area contributed by atoms with Crippen LogP contribution in [0.4, 0.5) is 5.69 Å². The molecule has 0 bridgehead atoms. The molecule has 0 aliphatic heterocycles. The third-order valence-electron chi connectivity index (χ3n) is 4.63. The number of thiazole rings is 1. The average molecular weight is 337 g/mol. The van der Waals surface area contributed by atoms with Gasteiger partial charge in [0.15, 0.2) is 0 Å². The maximum absolute atomic E-state index is 4.86. The molecule has 0 atom stereocenters. The van der Waals surface area contributed by atoms with E-state index in [0.717, 1.165) is 17.1 Å². The number of nitrogens with zero attached hydrogens (tertiary/aromatic N) is 1. The number of hydrogen-bond acceptors (Lipinski definition) is 3. The fraction of sp³-hybridized carbons (Fsp3) is 0.286. The molecule has 3 aromatic rings. The van der Waals surface area contributed by atoms with E-state index < -0.39 is 0 Å². The third-order valence-corrected chi connectivity index (χ3v) is 5.57. The van der Waals surface area contributed by atoms with Crippen molar-refractivity contribution in [2.24, 2.45) is 0 Å². The van der Waals surface area contributed by atoms with Gasteiger partial charge in [-0.3, -0.25) is 0 Å². The molecule has 0 unspecified atom stereocenters. The SMILES string of the molecule is CNc1cc(C)c(Cc2csc(-c3ccc(C)c(C)c3)n2)cc1C. The molecule has 24 heavy (non-hydrogen) atoms. The second-order valence-corrected chi connectivity index (χ2v) is 7.32. The summed E-state index contributed by atoms with van der Waals surface area (Å²) in [6.45, 7) is 8.62. The molecule has 124 valence electrons. The van der Waals surface area contributed by atoms with Gasteiger partial charge in [0, 0.05) is 30.1 Å².